The van der Waals surface area contributed by atoms with Crippen LogP contribution in [0.5, 0.6) is 0 Å². The second-order valence-electron chi connectivity index (χ2n) is 5.49. The van der Waals surface area contributed by atoms with Crippen molar-refractivity contribution in [2.24, 2.45) is 0 Å². The van der Waals surface area contributed by atoms with E-state index in [9.17, 15) is 0 Å². The van der Waals surface area contributed by atoms with Gasteiger partial charge >= 0.3 is 0 Å². The van der Waals surface area contributed by atoms with Gasteiger partial charge in [0.2, 0.25) is 0 Å². The molecule has 3 heteroatoms. The van der Waals surface area contributed by atoms with E-state index < -0.39 is 0 Å². The van der Waals surface area contributed by atoms with E-state index in [1.54, 1.807) is 0 Å². The minimum absolute atomic E-state index is 0.0917. The number of nitrogen functional groups attached to an aromatic ring is 1. The molecule has 0 amide bonds. The summed E-state index contributed by atoms with van der Waals surface area (Å²) in [5.41, 5.74) is 9.50. The fourth-order valence-corrected chi connectivity index (χ4v) is 2.26. The second-order valence-corrected chi connectivity index (χ2v) is 5.49. The van der Waals surface area contributed by atoms with E-state index >= 15 is 0 Å². The van der Waals surface area contributed by atoms with Gasteiger partial charge in [-0.3, -0.25) is 4.90 Å². The molecule has 1 aliphatic rings. The van der Waals surface area contributed by atoms with Crippen LogP contribution in [0.25, 0.3) is 0 Å². The van der Waals surface area contributed by atoms with Gasteiger partial charge in [0, 0.05) is 24.3 Å². The van der Waals surface area contributed by atoms with E-state index in [1.807, 2.05) is 6.07 Å². The smallest absolute Gasteiger partial charge is 0.0645 e. The fourth-order valence-electron chi connectivity index (χ4n) is 2.26. The highest BCUT2D eigenvalue weighted by Gasteiger charge is 2.30. The first-order valence-electron chi connectivity index (χ1n) is 6.17. The Morgan fingerprint density at radius 2 is 2.18 bits per heavy atom. The largest absolute Gasteiger partial charge is 0.398 e. The van der Waals surface area contributed by atoms with E-state index in [0.29, 0.717) is 0 Å². The number of benzene rings is 1. The number of rotatable bonds is 2. The summed E-state index contributed by atoms with van der Waals surface area (Å²) in [7, 11) is 0. The van der Waals surface area contributed by atoms with Crippen LogP contribution in [0.3, 0.4) is 0 Å². The molecule has 1 aliphatic heterocycles. The average Bonchev–Trinajstić information content (AvgIpc) is 2.26. The Bertz CT molecular complexity index is 401. The third-order valence-electron chi connectivity index (χ3n) is 3.48. The van der Waals surface area contributed by atoms with Gasteiger partial charge in [-0.15, -0.1) is 0 Å². The average molecular weight is 234 g/mol. The minimum Gasteiger partial charge on any atom is -0.398 e. The molecule has 94 valence electrons. The van der Waals surface area contributed by atoms with Gasteiger partial charge in [-0.25, -0.2) is 0 Å². The topological polar surface area (TPSA) is 38.5 Å². The number of ether oxygens (including phenoxy) is 1. The van der Waals surface area contributed by atoms with Gasteiger partial charge in [0.1, 0.15) is 0 Å². The lowest BCUT2D eigenvalue weighted by atomic mass is 10.0. The van der Waals surface area contributed by atoms with Crippen LogP contribution >= 0.6 is 0 Å². The molecule has 0 bridgehead atoms. The number of hydrogen-bond acceptors (Lipinski definition) is 3. The summed E-state index contributed by atoms with van der Waals surface area (Å²) in [6.45, 7) is 10.0. The van der Waals surface area contributed by atoms with Crippen molar-refractivity contribution in [1.29, 1.82) is 0 Å². The van der Waals surface area contributed by atoms with Gasteiger partial charge in [-0.1, -0.05) is 17.7 Å². The monoisotopic (exact) mass is 234 g/mol. The minimum atomic E-state index is 0.0917. The summed E-state index contributed by atoms with van der Waals surface area (Å²) in [5, 5.41) is 0. The van der Waals surface area contributed by atoms with Crippen LogP contribution in [0.1, 0.15) is 25.0 Å². The molecule has 2 rings (SSSR count). The van der Waals surface area contributed by atoms with Crippen molar-refractivity contribution < 1.29 is 4.74 Å². The number of anilines is 1. The number of nitrogens with zero attached hydrogens (tertiary/aromatic N) is 1. The molecule has 3 nitrogen and oxygen atoms in total. The Kier molecular flexibility index (Phi) is 3.40. The van der Waals surface area contributed by atoms with Crippen LogP contribution in [-0.4, -0.2) is 30.2 Å². The van der Waals surface area contributed by atoms with E-state index in [4.69, 9.17) is 10.5 Å². The first-order chi connectivity index (χ1) is 7.99. The van der Waals surface area contributed by atoms with Crippen molar-refractivity contribution >= 4 is 5.69 Å². The molecule has 1 saturated heterocycles. The summed E-state index contributed by atoms with van der Waals surface area (Å²) in [6.07, 6.45) is 0. The molecule has 1 aromatic carbocycles. The summed E-state index contributed by atoms with van der Waals surface area (Å²) in [4.78, 5) is 2.45. The predicted molar refractivity (Wildman–Crippen MR) is 70.9 cm³/mol. The lowest BCUT2D eigenvalue weighted by Gasteiger charge is -2.42. The predicted octanol–water partition coefficient (Wildman–Crippen LogP) is 2.19. The first kappa shape index (κ1) is 12.4. The van der Waals surface area contributed by atoms with Crippen LogP contribution < -0.4 is 5.73 Å². The Balaban J connectivity index is 2.16. The number of hydrogen-bond donors (Lipinski definition) is 1. The number of aryl methyl sites for hydroxylation is 1. The van der Waals surface area contributed by atoms with Crippen molar-refractivity contribution in [3.63, 3.8) is 0 Å². The zero-order valence-corrected chi connectivity index (χ0v) is 11.0. The third-order valence-corrected chi connectivity index (χ3v) is 3.48. The van der Waals surface area contributed by atoms with E-state index in [-0.39, 0.29) is 5.54 Å². The zero-order chi connectivity index (χ0) is 12.5. The lowest BCUT2D eigenvalue weighted by molar-refractivity contribution is -0.0551. The van der Waals surface area contributed by atoms with Crippen molar-refractivity contribution in [3.8, 4) is 0 Å². The van der Waals surface area contributed by atoms with Gasteiger partial charge in [0.25, 0.3) is 0 Å². The van der Waals surface area contributed by atoms with Crippen LogP contribution in [0.4, 0.5) is 5.69 Å². The van der Waals surface area contributed by atoms with Crippen LogP contribution in [-0.2, 0) is 11.3 Å². The van der Waals surface area contributed by atoms with Gasteiger partial charge in [0.05, 0.1) is 13.2 Å². The molecule has 0 radical (unpaired) electrons. The molecule has 1 fully saturated rings. The Morgan fingerprint density at radius 3 is 2.88 bits per heavy atom. The standard InChI is InChI=1S/C14H22N2O/c1-11-4-5-13(15)12(8-11)9-16-6-7-17-10-14(16,2)3/h4-5,8H,6-7,9-10,15H2,1-3H3. The molecule has 0 aromatic heterocycles. The Labute approximate surface area is 104 Å². The summed E-state index contributed by atoms with van der Waals surface area (Å²) in [5.74, 6) is 0. The molecule has 17 heavy (non-hydrogen) atoms. The number of nitrogens with two attached hydrogens (primary N) is 1. The van der Waals surface area contributed by atoms with Gasteiger partial charge in [-0.2, -0.15) is 0 Å². The van der Waals surface area contributed by atoms with Crippen LogP contribution in [0, 0.1) is 6.92 Å². The van der Waals surface area contributed by atoms with E-state index in [1.165, 1.54) is 11.1 Å². The fraction of sp³-hybridized carbons (Fsp3) is 0.571. The maximum Gasteiger partial charge on any atom is 0.0645 e. The Morgan fingerprint density at radius 1 is 1.41 bits per heavy atom. The molecule has 0 unspecified atom stereocenters. The normalized spacial score (nSPS) is 20.4. The molecule has 1 aromatic rings. The summed E-state index contributed by atoms with van der Waals surface area (Å²) in [6, 6.07) is 6.24. The van der Waals surface area contributed by atoms with Crippen molar-refractivity contribution in [2.75, 3.05) is 25.5 Å². The molecular formula is C14H22N2O. The molecule has 0 saturated carbocycles. The maximum absolute atomic E-state index is 6.04. The van der Waals surface area contributed by atoms with Crippen LogP contribution in [0.15, 0.2) is 18.2 Å². The molecule has 0 spiro atoms. The highest BCUT2D eigenvalue weighted by Crippen LogP contribution is 2.24. The van der Waals surface area contributed by atoms with E-state index in [2.05, 4.69) is 37.8 Å². The summed E-state index contributed by atoms with van der Waals surface area (Å²) >= 11 is 0. The third kappa shape index (κ3) is 2.79. The quantitative estimate of drug-likeness (QED) is 0.797. The lowest BCUT2D eigenvalue weighted by Crippen LogP contribution is -2.52. The van der Waals surface area contributed by atoms with Crippen molar-refractivity contribution in [1.82, 2.24) is 4.90 Å². The highest BCUT2D eigenvalue weighted by molar-refractivity contribution is 5.48. The first-order valence-corrected chi connectivity index (χ1v) is 6.17. The van der Waals surface area contributed by atoms with Crippen molar-refractivity contribution in [3.05, 3.63) is 29.3 Å². The van der Waals surface area contributed by atoms with Crippen molar-refractivity contribution in [2.45, 2.75) is 32.9 Å². The molecule has 2 N–H and O–H groups in total. The molecule has 0 aliphatic carbocycles. The van der Waals surface area contributed by atoms with Crippen LogP contribution in [0.2, 0.25) is 0 Å². The van der Waals surface area contributed by atoms with E-state index in [0.717, 1.165) is 32.0 Å². The SMILES string of the molecule is Cc1ccc(N)c(CN2CCOCC2(C)C)c1. The number of morpholine rings is 1. The summed E-state index contributed by atoms with van der Waals surface area (Å²) < 4.78 is 5.53. The molecule has 0 atom stereocenters. The van der Waals surface area contributed by atoms with Gasteiger partial charge in [0.15, 0.2) is 0 Å². The molecular weight excluding hydrogens is 212 g/mol. The zero-order valence-electron chi connectivity index (χ0n) is 11.0. The molecule has 1 heterocycles. The second kappa shape index (κ2) is 4.67. The Hall–Kier alpha value is -1.06. The van der Waals surface area contributed by atoms with Gasteiger partial charge < -0.3 is 10.5 Å². The maximum atomic E-state index is 6.04. The van der Waals surface area contributed by atoms with Gasteiger partial charge in [-0.05, 0) is 32.4 Å². The highest BCUT2D eigenvalue weighted by atomic mass is 16.5.